The summed E-state index contributed by atoms with van der Waals surface area (Å²) in [6.45, 7) is 0. The van der Waals surface area contributed by atoms with Crippen LogP contribution in [0.3, 0.4) is 0 Å². The van der Waals surface area contributed by atoms with Gasteiger partial charge in [0, 0.05) is 0 Å². The van der Waals surface area contributed by atoms with E-state index in [1.54, 1.807) is 6.07 Å². The molecule has 0 saturated heterocycles. The molecule has 1 rings (SSSR count). The number of aromatic hydroxyl groups is 1. The minimum absolute atomic E-state index is 0.131. The van der Waals surface area contributed by atoms with Crippen LogP contribution in [0, 0.1) is 0 Å². The molecule has 4 heteroatoms. The molecule has 0 spiro atoms. The molecule has 1 N–H and O–H groups in total. The Morgan fingerprint density at radius 3 is 2.36 bits per heavy atom. The standard InChI is InChI=1S/C7H5Br3O/c8-5-3-4(7(9)10)1-2-6(5)11/h1-3,7,11H. The first kappa shape index (κ1) is 9.55. The third kappa shape index (κ3) is 2.46. The van der Waals surface area contributed by atoms with Gasteiger partial charge in [-0.1, -0.05) is 37.9 Å². The lowest BCUT2D eigenvalue weighted by molar-refractivity contribution is 0.472. The maximum atomic E-state index is 9.15. The van der Waals surface area contributed by atoms with Gasteiger partial charge in [-0.3, -0.25) is 0 Å². The van der Waals surface area contributed by atoms with Gasteiger partial charge in [-0.05, 0) is 33.6 Å². The predicted molar refractivity (Wildman–Crippen MR) is 56.4 cm³/mol. The fourth-order valence-corrected chi connectivity index (χ4v) is 1.62. The molecule has 60 valence electrons. The van der Waals surface area contributed by atoms with E-state index in [4.69, 9.17) is 5.11 Å². The second-order valence-corrected chi connectivity index (χ2v) is 5.93. The average Bonchev–Trinajstić information content (AvgIpc) is 1.94. The van der Waals surface area contributed by atoms with Crippen molar-refractivity contribution in [2.45, 2.75) is 3.74 Å². The lowest BCUT2D eigenvalue weighted by Crippen LogP contribution is -1.79. The maximum absolute atomic E-state index is 9.15. The Morgan fingerprint density at radius 2 is 1.91 bits per heavy atom. The molecule has 0 aliphatic rings. The molecule has 0 fully saturated rings. The average molecular weight is 345 g/mol. The minimum Gasteiger partial charge on any atom is -0.507 e. The van der Waals surface area contributed by atoms with E-state index in [0.29, 0.717) is 4.47 Å². The highest BCUT2D eigenvalue weighted by atomic mass is 79.9. The first-order valence-corrected chi connectivity index (χ1v) is 5.50. The van der Waals surface area contributed by atoms with Crippen molar-refractivity contribution in [1.82, 2.24) is 0 Å². The predicted octanol–water partition coefficient (Wildman–Crippen LogP) is 3.94. The molecule has 1 aromatic rings. The number of hydrogen-bond acceptors (Lipinski definition) is 1. The zero-order valence-corrected chi connectivity index (χ0v) is 10.1. The van der Waals surface area contributed by atoms with Gasteiger partial charge in [-0.15, -0.1) is 0 Å². The molecule has 0 aromatic heterocycles. The molecule has 0 saturated carbocycles. The molecule has 0 heterocycles. The summed E-state index contributed by atoms with van der Waals surface area (Å²) in [5, 5.41) is 9.15. The van der Waals surface area contributed by atoms with Crippen molar-refractivity contribution >= 4 is 47.8 Å². The van der Waals surface area contributed by atoms with Gasteiger partial charge < -0.3 is 5.11 Å². The molecule has 1 nitrogen and oxygen atoms in total. The summed E-state index contributed by atoms with van der Waals surface area (Å²) in [5.41, 5.74) is 1.06. The number of halogens is 3. The number of phenolic OH excluding ortho intramolecular Hbond substituents is 1. The van der Waals surface area contributed by atoms with E-state index in [2.05, 4.69) is 47.8 Å². The maximum Gasteiger partial charge on any atom is 0.129 e. The molecule has 0 aliphatic heterocycles. The van der Waals surface area contributed by atoms with E-state index in [1.165, 1.54) is 0 Å². The van der Waals surface area contributed by atoms with Crippen LogP contribution >= 0.6 is 47.8 Å². The summed E-state index contributed by atoms with van der Waals surface area (Å²) < 4.78 is 0.839. The fourth-order valence-electron chi connectivity index (χ4n) is 0.659. The third-order valence-corrected chi connectivity index (χ3v) is 2.92. The Kier molecular flexibility index (Phi) is 3.40. The van der Waals surface area contributed by atoms with E-state index >= 15 is 0 Å². The molecule has 0 atom stereocenters. The third-order valence-electron chi connectivity index (χ3n) is 1.22. The monoisotopic (exact) mass is 342 g/mol. The highest BCUT2D eigenvalue weighted by molar-refractivity contribution is 9.24. The normalized spacial score (nSPS) is 10.5. The van der Waals surface area contributed by atoms with Crippen LogP contribution in [0.1, 0.15) is 9.30 Å². The van der Waals surface area contributed by atoms with Crippen LogP contribution in [0.4, 0.5) is 0 Å². The molecule has 0 radical (unpaired) electrons. The fraction of sp³-hybridized carbons (Fsp3) is 0.143. The highest BCUT2D eigenvalue weighted by Crippen LogP contribution is 2.33. The number of rotatable bonds is 1. The Morgan fingerprint density at radius 1 is 1.27 bits per heavy atom. The Labute approximate surface area is 90.2 Å². The largest absolute Gasteiger partial charge is 0.507 e. The van der Waals surface area contributed by atoms with E-state index in [-0.39, 0.29) is 9.49 Å². The molecule has 0 aliphatic carbocycles. The minimum atomic E-state index is 0.131. The van der Waals surface area contributed by atoms with Gasteiger partial charge in [0.25, 0.3) is 0 Å². The van der Waals surface area contributed by atoms with Gasteiger partial charge in [-0.25, -0.2) is 0 Å². The van der Waals surface area contributed by atoms with Crippen LogP contribution in [0.2, 0.25) is 0 Å². The molecule has 0 unspecified atom stereocenters. The van der Waals surface area contributed by atoms with E-state index < -0.39 is 0 Å². The summed E-state index contributed by atoms with van der Waals surface area (Å²) in [6, 6.07) is 5.34. The topological polar surface area (TPSA) is 20.2 Å². The van der Waals surface area contributed by atoms with E-state index in [1.807, 2.05) is 12.1 Å². The quantitative estimate of drug-likeness (QED) is 0.765. The van der Waals surface area contributed by atoms with Gasteiger partial charge in [0.15, 0.2) is 0 Å². The van der Waals surface area contributed by atoms with Crippen molar-refractivity contribution in [3.63, 3.8) is 0 Å². The van der Waals surface area contributed by atoms with Gasteiger partial charge in [0.05, 0.1) is 8.21 Å². The van der Waals surface area contributed by atoms with Crippen LogP contribution in [-0.4, -0.2) is 5.11 Å². The lowest BCUT2D eigenvalue weighted by atomic mass is 10.2. The van der Waals surface area contributed by atoms with Crippen molar-refractivity contribution in [1.29, 1.82) is 0 Å². The van der Waals surface area contributed by atoms with Crippen molar-refractivity contribution in [3.8, 4) is 5.75 Å². The first-order chi connectivity index (χ1) is 5.11. The summed E-state index contributed by atoms with van der Waals surface area (Å²) in [7, 11) is 0. The summed E-state index contributed by atoms with van der Waals surface area (Å²) in [5.74, 6) is 0.259. The second kappa shape index (κ2) is 3.92. The summed E-state index contributed by atoms with van der Waals surface area (Å²) >= 11 is 9.93. The zero-order chi connectivity index (χ0) is 8.43. The van der Waals surface area contributed by atoms with Crippen molar-refractivity contribution in [2.75, 3.05) is 0 Å². The van der Waals surface area contributed by atoms with Gasteiger partial charge >= 0.3 is 0 Å². The second-order valence-electron chi connectivity index (χ2n) is 2.01. The summed E-state index contributed by atoms with van der Waals surface area (Å²) in [4.78, 5) is 0. The molecule has 1 aromatic carbocycles. The highest BCUT2D eigenvalue weighted by Gasteiger charge is 2.04. The molecular formula is C7H5Br3O. The number of alkyl halides is 2. The number of benzene rings is 1. The van der Waals surface area contributed by atoms with E-state index in [0.717, 1.165) is 5.56 Å². The zero-order valence-electron chi connectivity index (χ0n) is 5.39. The molecule has 0 amide bonds. The Bertz CT molecular complexity index is 260. The molecule has 0 bridgehead atoms. The first-order valence-electron chi connectivity index (χ1n) is 2.88. The smallest absolute Gasteiger partial charge is 0.129 e. The summed E-state index contributed by atoms with van der Waals surface area (Å²) in [6.07, 6.45) is 0. The van der Waals surface area contributed by atoms with Gasteiger partial charge in [-0.2, -0.15) is 0 Å². The van der Waals surface area contributed by atoms with Crippen LogP contribution in [-0.2, 0) is 0 Å². The van der Waals surface area contributed by atoms with Crippen LogP contribution in [0.5, 0.6) is 5.75 Å². The number of hydrogen-bond donors (Lipinski definition) is 1. The SMILES string of the molecule is Oc1ccc(C(Br)Br)cc1Br. The van der Waals surface area contributed by atoms with E-state index in [9.17, 15) is 0 Å². The Balaban J connectivity index is 3.05. The van der Waals surface area contributed by atoms with Gasteiger partial charge in [0.1, 0.15) is 5.75 Å². The lowest BCUT2D eigenvalue weighted by Gasteiger charge is -2.03. The van der Waals surface area contributed by atoms with Crippen molar-refractivity contribution in [2.24, 2.45) is 0 Å². The van der Waals surface area contributed by atoms with Crippen LogP contribution in [0.25, 0.3) is 0 Å². The molecule has 11 heavy (non-hydrogen) atoms. The van der Waals surface area contributed by atoms with Crippen molar-refractivity contribution < 1.29 is 5.11 Å². The Hall–Kier alpha value is 0.460. The van der Waals surface area contributed by atoms with Crippen LogP contribution in [0.15, 0.2) is 22.7 Å². The van der Waals surface area contributed by atoms with Gasteiger partial charge in [0.2, 0.25) is 0 Å². The molecular weight excluding hydrogens is 340 g/mol. The van der Waals surface area contributed by atoms with Crippen LogP contribution < -0.4 is 0 Å². The van der Waals surface area contributed by atoms with Crippen molar-refractivity contribution in [3.05, 3.63) is 28.2 Å². The number of phenols is 1.